The summed E-state index contributed by atoms with van der Waals surface area (Å²) in [5.41, 5.74) is 15.6. The summed E-state index contributed by atoms with van der Waals surface area (Å²) in [6.45, 7) is 13.9. The Kier molecular flexibility index (Phi) is 4.96. The van der Waals surface area contributed by atoms with E-state index in [9.17, 15) is 0 Å². The number of benzene rings is 4. The van der Waals surface area contributed by atoms with Crippen molar-refractivity contribution in [3.63, 3.8) is 0 Å². The topological polar surface area (TPSA) is 12.9 Å². The van der Waals surface area contributed by atoms with Crippen molar-refractivity contribution in [3.8, 4) is 33.5 Å². The fraction of sp³-hybridized carbons (Fsp3) is 0.237. The summed E-state index contributed by atoms with van der Waals surface area (Å²) < 4.78 is 0. The van der Waals surface area contributed by atoms with Gasteiger partial charge in [-0.2, -0.15) is 0 Å². The van der Waals surface area contributed by atoms with Gasteiger partial charge < -0.3 is 0 Å². The van der Waals surface area contributed by atoms with Crippen LogP contribution in [0.5, 0.6) is 0 Å². The second-order valence-electron chi connectivity index (χ2n) is 13.3. The number of fused-ring (bicyclic) bond motifs is 10. The highest BCUT2D eigenvalue weighted by molar-refractivity contribution is 5.96. The number of nitrogens with zero attached hydrogens (tertiary/aromatic N) is 1. The van der Waals surface area contributed by atoms with Crippen LogP contribution in [-0.4, -0.2) is 4.98 Å². The molecule has 4 aromatic carbocycles. The molecule has 0 saturated heterocycles. The highest BCUT2D eigenvalue weighted by atomic mass is 14.7. The van der Waals surface area contributed by atoms with Crippen molar-refractivity contribution in [1.29, 1.82) is 0 Å². The standard InChI is InChI=1S/C38H35N/c1-36(2,3)25-15-18-29-30-19-16-26(37(4,5)6)23-34(30)38(33(29)22-25)31-12-8-7-11-27(31)28-17-14-24(21-32(28)38)35-13-9-10-20-39-35/h7-23H,1-6H3. The summed E-state index contributed by atoms with van der Waals surface area (Å²) in [7, 11) is 0. The Balaban J connectivity index is 1.64. The highest BCUT2D eigenvalue weighted by Gasteiger charge is 2.52. The lowest BCUT2D eigenvalue weighted by atomic mass is 9.68. The predicted molar refractivity (Wildman–Crippen MR) is 163 cm³/mol. The minimum atomic E-state index is -0.371. The van der Waals surface area contributed by atoms with Crippen molar-refractivity contribution in [2.75, 3.05) is 0 Å². The van der Waals surface area contributed by atoms with Crippen LogP contribution in [0.25, 0.3) is 33.5 Å². The van der Waals surface area contributed by atoms with E-state index in [0.717, 1.165) is 11.3 Å². The van der Waals surface area contributed by atoms with E-state index >= 15 is 0 Å². The van der Waals surface area contributed by atoms with E-state index in [0.29, 0.717) is 0 Å². The molecule has 1 spiro atoms. The lowest BCUT2D eigenvalue weighted by Gasteiger charge is -2.33. The number of rotatable bonds is 1. The Morgan fingerprint density at radius 3 is 1.56 bits per heavy atom. The Labute approximate surface area is 232 Å². The van der Waals surface area contributed by atoms with Gasteiger partial charge in [0.15, 0.2) is 0 Å². The summed E-state index contributed by atoms with van der Waals surface area (Å²) >= 11 is 0. The fourth-order valence-electron chi connectivity index (χ4n) is 6.81. The molecule has 0 radical (unpaired) electrons. The van der Waals surface area contributed by atoms with E-state index in [-0.39, 0.29) is 16.2 Å². The zero-order valence-electron chi connectivity index (χ0n) is 23.8. The molecule has 7 rings (SSSR count). The maximum Gasteiger partial charge on any atom is 0.0725 e. The van der Waals surface area contributed by atoms with Gasteiger partial charge >= 0.3 is 0 Å². The molecule has 0 aliphatic heterocycles. The fourth-order valence-corrected chi connectivity index (χ4v) is 6.81. The van der Waals surface area contributed by atoms with Gasteiger partial charge in [-0.1, -0.05) is 120 Å². The molecule has 0 unspecified atom stereocenters. The van der Waals surface area contributed by atoms with Gasteiger partial charge in [0.1, 0.15) is 0 Å². The molecule has 0 bridgehead atoms. The van der Waals surface area contributed by atoms with E-state index in [1.165, 1.54) is 55.6 Å². The molecular weight excluding hydrogens is 470 g/mol. The third-order valence-electron chi connectivity index (χ3n) is 8.87. The second kappa shape index (κ2) is 8.02. The molecule has 5 aromatic rings. The van der Waals surface area contributed by atoms with Crippen molar-refractivity contribution in [1.82, 2.24) is 4.98 Å². The van der Waals surface area contributed by atoms with Gasteiger partial charge in [-0.25, -0.2) is 0 Å². The molecule has 39 heavy (non-hydrogen) atoms. The number of aromatic nitrogens is 1. The Hall–Kier alpha value is -3.97. The van der Waals surface area contributed by atoms with Gasteiger partial charge in [0.05, 0.1) is 11.1 Å². The Morgan fingerprint density at radius 1 is 0.487 bits per heavy atom. The molecule has 1 aromatic heterocycles. The van der Waals surface area contributed by atoms with Crippen LogP contribution in [0.4, 0.5) is 0 Å². The highest BCUT2D eigenvalue weighted by Crippen LogP contribution is 2.63. The quantitative estimate of drug-likeness (QED) is 0.216. The third-order valence-corrected chi connectivity index (χ3v) is 8.87. The number of pyridine rings is 1. The molecule has 0 atom stereocenters. The second-order valence-corrected chi connectivity index (χ2v) is 13.3. The molecule has 0 N–H and O–H groups in total. The lowest BCUT2D eigenvalue weighted by molar-refractivity contribution is 0.586. The molecule has 1 heterocycles. The number of hydrogen-bond donors (Lipinski definition) is 0. The molecular formula is C38H35N. The maximum atomic E-state index is 4.72. The van der Waals surface area contributed by atoms with Crippen LogP contribution in [-0.2, 0) is 16.2 Å². The summed E-state index contributed by atoms with van der Waals surface area (Å²) in [6.07, 6.45) is 1.89. The smallest absolute Gasteiger partial charge is 0.0725 e. The third kappa shape index (κ3) is 3.35. The molecule has 0 saturated carbocycles. The largest absolute Gasteiger partial charge is 0.256 e. The first-order chi connectivity index (χ1) is 18.6. The van der Waals surface area contributed by atoms with Crippen LogP contribution in [0.2, 0.25) is 0 Å². The lowest BCUT2D eigenvalue weighted by Crippen LogP contribution is -2.27. The van der Waals surface area contributed by atoms with E-state index in [1.54, 1.807) is 0 Å². The van der Waals surface area contributed by atoms with Crippen LogP contribution < -0.4 is 0 Å². The summed E-state index contributed by atoms with van der Waals surface area (Å²) in [5, 5.41) is 0. The average Bonchev–Trinajstić information content (AvgIpc) is 3.38. The van der Waals surface area contributed by atoms with Gasteiger partial charge in [-0.15, -0.1) is 0 Å². The average molecular weight is 506 g/mol. The van der Waals surface area contributed by atoms with Crippen molar-refractivity contribution in [3.05, 3.63) is 137 Å². The number of hydrogen-bond acceptors (Lipinski definition) is 1. The van der Waals surface area contributed by atoms with Gasteiger partial charge in [-0.05, 0) is 84.7 Å². The van der Waals surface area contributed by atoms with Crippen LogP contribution in [0.1, 0.15) is 74.9 Å². The zero-order valence-corrected chi connectivity index (χ0v) is 23.8. The molecule has 2 aliphatic rings. The first-order valence-corrected chi connectivity index (χ1v) is 14.1. The molecule has 1 heteroatoms. The summed E-state index contributed by atoms with van der Waals surface area (Å²) in [4.78, 5) is 4.72. The van der Waals surface area contributed by atoms with Crippen LogP contribution in [0, 0.1) is 0 Å². The molecule has 192 valence electrons. The molecule has 0 amide bonds. The van der Waals surface area contributed by atoms with Gasteiger partial charge in [-0.3, -0.25) is 4.98 Å². The van der Waals surface area contributed by atoms with E-state index < -0.39 is 0 Å². The van der Waals surface area contributed by atoms with Crippen molar-refractivity contribution in [2.45, 2.75) is 57.8 Å². The monoisotopic (exact) mass is 505 g/mol. The minimum absolute atomic E-state index is 0.0539. The first kappa shape index (κ1) is 24.1. The van der Waals surface area contributed by atoms with E-state index in [4.69, 9.17) is 4.98 Å². The molecule has 0 fully saturated rings. The Morgan fingerprint density at radius 2 is 1.00 bits per heavy atom. The van der Waals surface area contributed by atoms with Gasteiger partial charge in [0, 0.05) is 11.8 Å². The first-order valence-electron chi connectivity index (χ1n) is 14.1. The minimum Gasteiger partial charge on any atom is -0.256 e. The molecule has 1 nitrogen and oxygen atoms in total. The van der Waals surface area contributed by atoms with Crippen molar-refractivity contribution < 1.29 is 0 Å². The summed E-state index contributed by atoms with van der Waals surface area (Å²) in [6, 6.07) is 36.7. The summed E-state index contributed by atoms with van der Waals surface area (Å²) in [5.74, 6) is 0. The van der Waals surface area contributed by atoms with Crippen molar-refractivity contribution in [2.24, 2.45) is 0 Å². The van der Waals surface area contributed by atoms with Crippen molar-refractivity contribution >= 4 is 0 Å². The van der Waals surface area contributed by atoms with E-state index in [2.05, 4.69) is 133 Å². The van der Waals surface area contributed by atoms with Crippen LogP contribution in [0.15, 0.2) is 103 Å². The normalized spacial score (nSPS) is 14.6. The zero-order chi connectivity index (χ0) is 27.2. The maximum absolute atomic E-state index is 4.72. The molecule has 2 aliphatic carbocycles. The van der Waals surface area contributed by atoms with Crippen LogP contribution >= 0.6 is 0 Å². The predicted octanol–water partition coefficient (Wildman–Crippen LogP) is 9.69. The van der Waals surface area contributed by atoms with Gasteiger partial charge in [0.25, 0.3) is 0 Å². The SMILES string of the molecule is CC(C)(C)c1ccc2c(c1)C1(c3ccccc3-c3ccc(-c4ccccn4)cc31)c1cc(C(C)(C)C)ccc1-2. The van der Waals surface area contributed by atoms with Crippen LogP contribution in [0.3, 0.4) is 0 Å². The Bertz CT molecular complexity index is 1700. The van der Waals surface area contributed by atoms with Gasteiger partial charge in [0.2, 0.25) is 0 Å². The van der Waals surface area contributed by atoms with E-state index in [1.807, 2.05) is 12.3 Å².